The zero-order valence-corrected chi connectivity index (χ0v) is 10.7. The highest BCUT2D eigenvalue weighted by atomic mass is 32.1. The third kappa shape index (κ3) is 2.22. The minimum absolute atomic E-state index is 0.175. The van der Waals surface area contributed by atoms with Crippen molar-refractivity contribution in [3.8, 4) is 0 Å². The highest BCUT2D eigenvalue weighted by Crippen LogP contribution is 2.33. The van der Waals surface area contributed by atoms with E-state index in [4.69, 9.17) is 5.73 Å². The Morgan fingerprint density at radius 2 is 2.12 bits per heavy atom. The van der Waals surface area contributed by atoms with Gasteiger partial charge in [-0.3, -0.25) is 4.98 Å². The van der Waals surface area contributed by atoms with Gasteiger partial charge in [-0.2, -0.15) is 0 Å². The number of nitrogens with two attached hydrogens (primary N) is 1. The Labute approximate surface area is 106 Å². The van der Waals surface area contributed by atoms with Crippen molar-refractivity contribution in [2.75, 3.05) is 0 Å². The van der Waals surface area contributed by atoms with Crippen molar-refractivity contribution in [3.05, 3.63) is 29.3 Å². The van der Waals surface area contributed by atoms with Crippen LogP contribution >= 0.6 is 11.3 Å². The second-order valence-corrected chi connectivity index (χ2v) is 5.94. The maximum atomic E-state index is 6.39. The van der Waals surface area contributed by atoms with Gasteiger partial charge in [0.2, 0.25) is 0 Å². The molecule has 0 aromatic carbocycles. The minimum Gasteiger partial charge on any atom is -0.324 e. The topological polar surface area (TPSA) is 38.9 Å². The van der Waals surface area contributed by atoms with Gasteiger partial charge in [0.1, 0.15) is 0 Å². The van der Waals surface area contributed by atoms with Crippen LogP contribution in [-0.4, -0.2) is 4.98 Å². The molecule has 1 aliphatic carbocycles. The molecule has 3 heteroatoms. The molecule has 2 nitrogen and oxygen atoms in total. The highest BCUT2D eigenvalue weighted by Gasteiger charge is 2.22. The number of hydrogen-bond acceptors (Lipinski definition) is 3. The molecule has 90 valence electrons. The van der Waals surface area contributed by atoms with E-state index in [2.05, 4.69) is 22.5 Å². The van der Waals surface area contributed by atoms with Crippen LogP contribution in [0, 0.1) is 5.92 Å². The summed E-state index contributed by atoms with van der Waals surface area (Å²) in [6.45, 7) is 0. The van der Waals surface area contributed by atoms with Crippen molar-refractivity contribution < 1.29 is 0 Å². The second kappa shape index (κ2) is 4.75. The molecule has 1 saturated carbocycles. The third-order valence-corrected chi connectivity index (χ3v) is 4.72. The standard InChI is InChI=1S/C14H18N2S/c15-14(10-4-2-1-3-5-10)11-8-13-12(16-9-11)6-7-17-13/h6-10,14H,1-5,15H2. The van der Waals surface area contributed by atoms with E-state index in [0.717, 1.165) is 5.52 Å². The van der Waals surface area contributed by atoms with Crippen LogP contribution in [0.4, 0.5) is 0 Å². The molecule has 0 aliphatic heterocycles. The summed E-state index contributed by atoms with van der Waals surface area (Å²) in [5, 5.41) is 2.09. The largest absolute Gasteiger partial charge is 0.324 e. The van der Waals surface area contributed by atoms with Gasteiger partial charge in [0.15, 0.2) is 0 Å². The first kappa shape index (κ1) is 11.2. The van der Waals surface area contributed by atoms with E-state index in [1.165, 1.54) is 42.4 Å². The zero-order valence-electron chi connectivity index (χ0n) is 9.93. The molecule has 0 radical (unpaired) electrons. The maximum Gasteiger partial charge on any atom is 0.0809 e. The van der Waals surface area contributed by atoms with Gasteiger partial charge in [-0.15, -0.1) is 11.3 Å². The molecule has 2 heterocycles. The Hall–Kier alpha value is -0.930. The Kier molecular flexibility index (Phi) is 3.12. The highest BCUT2D eigenvalue weighted by molar-refractivity contribution is 7.17. The molecule has 1 fully saturated rings. The molecule has 3 rings (SSSR count). The van der Waals surface area contributed by atoms with Crippen LogP contribution in [0.25, 0.3) is 10.2 Å². The Morgan fingerprint density at radius 3 is 2.94 bits per heavy atom. The van der Waals surface area contributed by atoms with Crippen molar-refractivity contribution in [1.82, 2.24) is 4.98 Å². The lowest BCUT2D eigenvalue weighted by Crippen LogP contribution is -2.23. The lowest BCUT2D eigenvalue weighted by Gasteiger charge is -2.27. The number of thiophene rings is 1. The van der Waals surface area contributed by atoms with Crippen LogP contribution in [0.2, 0.25) is 0 Å². The summed E-state index contributed by atoms with van der Waals surface area (Å²) in [6.07, 6.45) is 8.59. The Bertz CT molecular complexity index is 500. The predicted molar refractivity (Wildman–Crippen MR) is 73.1 cm³/mol. The van der Waals surface area contributed by atoms with Gasteiger partial charge in [0.05, 0.1) is 10.2 Å². The molecule has 1 atom stereocenters. The van der Waals surface area contributed by atoms with E-state index in [0.29, 0.717) is 5.92 Å². The summed E-state index contributed by atoms with van der Waals surface area (Å²) >= 11 is 1.75. The van der Waals surface area contributed by atoms with Gasteiger partial charge < -0.3 is 5.73 Å². The first-order valence-electron chi connectivity index (χ1n) is 6.43. The van der Waals surface area contributed by atoms with Gasteiger partial charge in [-0.05, 0) is 41.8 Å². The molecule has 2 aromatic rings. The normalized spacial score (nSPS) is 19.6. The van der Waals surface area contributed by atoms with Crippen molar-refractivity contribution >= 4 is 21.6 Å². The smallest absolute Gasteiger partial charge is 0.0809 e. The summed E-state index contributed by atoms with van der Waals surface area (Å²) in [4.78, 5) is 4.49. The summed E-state index contributed by atoms with van der Waals surface area (Å²) in [7, 11) is 0. The average molecular weight is 246 g/mol. The van der Waals surface area contributed by atoms with Crippen molar-refractivity contribution in [2.45, 2.75) is 38.1 Å². The number of rotatable bonds is 2. The molecule has 0 spiro atoms. The van der Waals surface area contributed by atoms with Crippen LogP contribution in [0.1, 0.15) is 43.7 Å². The molecule has 2 aromatic heterocycles. The van der Waals surface area contributed by atoms with Gasteiger partial charge in [0, 0.05) is 12.2 Å². The van der Waals surface area contributed by atoms with Crippen LogP contribution in [0.5, 0.6) is 0 Å². The third-order valence-electron chi connectivity index (χ3n) is 3.87. The Morgan fingerprint density at radius 1 is 1.29 bits per heavy atom. The molecule has 0 amide bonds. The number of nitrogens with zero attached hydrogens (tertiary/aromatic N) is 1. The quantitative estimate of drug-likeness (QED) is 0.873. The van der Waals surface area contributed by atoms with Crippen molar-refractivity contribution in [2.24, 2.45) is 11.7 Å². The molecule has 2 N–H and O–H groups in total. The van der Waals surface area contributed by atoms with Crippen LogP contribution < -0.4 is 5.73 Å². The molecule has 17 heavy (non-hydrogen) atoms. The molecule has 0 bridgehead atoms. The molecular formula is C14H18N2S. The lowest BCUT2D eigenvalue weighted by molar-refractivity contribution is 0.308. The monoisotopic (exact) mass is 246 g/mol. The van der Waals surface area contributed by atoms with Gasteiger partial charge >= 0.3 is 0 Å². The first-order chi connectivity index (χ1) is 8.34. The van der Waals surface area contributed by atoms with Crippen molar-refractivity contribution in [3.63, 3.8) is 0 Å². The predicted octanol–water partition coefficient (Wildman–Crippen LogP) is 3.88. The SMILES string of the molecule is NC(c1cnc2ccsc2c1)C1CCCCC1. The second-order valence-electron chi connectivity index (χ2n) is 5.00. The molecule has 1 unspecified atom stereocenters. The van der Waals surface area contributed by atoms with E-state index in [1.807, 2.05) is 6.20 Å². The number of aromatic nitrogens is 1. The summed E-state index contributed by atoms with van der Waals surface area (Å²) in [5.41, 5.74) is 8.70. The van der Waals surface area contributed by atoms with Gasteiger partial charge in [-0.25, -0.2) is 0 Å². The van der Waals surface area contributed by atoms with E-state index in [-0.39, 0.29) is 6.04 Å². The average Bonchev–Trinajstić information content (AvgIpc) is 2.86. The molecule has 1 aliphatic rings. The number of fused-ring (bicyclic) bond motifs is 1. The fraction of sp³-hybridized carbons (Fsp3) is 0.500. The summed E-state index contributed by atoms with van der Waals surface area (Å²) in [5.74, 6) is 0.656. The summed E-state index contributed by atoms with van der Waals surface area (Å²) < 4.78 is 1.26. The van der Waals surface area contributed by atoms with E-state index >= 15 is 0 Å². The zero-order chi connectivity index (χ0) is 11.7. The van der Waals surface area contributed by atoms with E-state index < -0.39 is 0 Å². The first-order valence-corrected chi connectivity index (χ1v) is 7.31. The maximum absolute atomic E-state index is 6.39. The summed E-state index contributed by atoms with van der Waals surface area (Å²) in [6, 6.07) is 4.47. The van der Waals surface area contributed by atoms with Crippen LogP contribution in [0.15, 0.2) is 23.7 Å². The van der Waals surface area contributed by atoms with Gasteiger partial charge in [0.25, 0.3) is 0 Å². The van der Waals surface area contributed by atoms with Crippen LogP contribution in [-0.2, 0) is 0 Å². The van der Waals surface area contributed by atoms with Crippen molar-refractivity contribution in [1.29, 1.82) is 0 Å². The fourth-order valence-electron chi connectivity index (χ4n) is 2.81. The molecule has 0 saturated heterocycles. The van der Waals surface area contributed by atoms with Crippen LogP contribution in [0.3, 0.4) is 0 Å². The number of pyridine rings is 1. The van der Waals surface area contributed by atoms with Gasteiger partial charge in [-0.1, -0.05) is 19.3 Å². The lowest BCUT2D eigenvalue weighted by atomic mass is 9.82. The minimum atomic E-state index is 0.175. The van der Waals surface area contributed by atoms with E-state index in [9.17, 15) is 0 Å². The van der Waals surface area contributed by atoms with E-state index in [1.54, 1.807) is 11.3 Å². The Balaban J connectivity index is 1.86. The fourth-order valence-corrected chi connectivity index (χ4v) is 3.60. The number of hydrogen-bond donors (Lipinski definition) is 1. The molecular weight excluding hydrogens is 228 g/mol.